The lowest BCUT2D eigenvalue weighted by Gasteiger charge is -2.10. The van der Waals surface area contributed by atoms with Gasteiger partial charge in [0.15, 0.2) is 0 Å². The molecule has 1 heterocycles. The molecule has 0 spiro atoms. The van der Waals surface area contributed by atoms with Crippen LogP contribution in [0.1, 0.15) is 11.8 Å². The molecule has 0 amide bonds. The number of hydrogen-bond acceptors (Lipinski definition) is 3. The summed E-state index contributed by atoms with van der Waals surface area (Å²) in [6.07, 6.45) is -0.531. The summed E-state index contributed by atoms with van der Waals surface area (Å²) in [5, 5.41) is 15.8. The van der Waals surface area contributed by atoms with E-state index in [0.717, 1.165) is 24.3 Å². The van der Waals surface area contributed by atoms with Gasteiger partial charge in [-0.2, -0.15) is 0 Å². The highest BCUT2D eigenvalue weighted by molar-refractivity contribution is 5.52. The first kappa shape index (κ1) is 7.58. The summed E-state index contributed by atoms with van der Waals surface area (Å²) in [7, 11) is 0. The quantitative estimate of drug-likeness (QED) is 0.528. The number of para-hydroxylation sites is 1. The second-order valence-corrected chi connectivity index (χ2v) is 2.87. The van der Waals surface area contributed by atoms with Gasteiger partial charge in [-0.3, -0.25) is 5.32 Å². The monoisotopic (exact) mass is 164 g/mol. The van der Waals surface area contributed by atoms with Gasteiger partial charge in [0.2, 0.25) is 0 Å². The number of nitrogens with one attached hydrogen (secondary N) is 2. The molecule has 0 saturated heterocycles. The molecule has 3 nitrogen and oxygen atoms in total. The van der Waals surface area contributed by atoms with Gasteiger partial charge >= 0.3 is 0 Å². The average molecular weight is 164 g/mol. The van der Waals surface area contributed by atoms with Crippen molar-refractivity contribution in [3.05, 3.63) is 29.8 Å². The molecule has 0 aromatic heterocycles. The third-order valence-electron chi connectivity index (χ3n) is 2.03. The largest absolute Gasteiger partial charge is 0.383 e. The first-order valence-electron chi connectivity index (χ1n) is 4.12. The van der Waals surface area contributed by atoms with Crippen LogP contribution in [0.3, 0.4) is 0 Å². The number of fused-ring (bicyclic) bond motifs is 1. The topological polar surface area (TPSA) is 44.3 Å². The van der Waals surface area contributed by atoms with Crippen molar-refractivity contribution < 1.29 is 5.11 Å². The lowest BCUT2D eigenvalue weighted by atomic mass is 10.1. The Hall–Kier alpha value is -1.06. The van der Waals surface area contributed by atoms with Crippen molar-refractivity contribution in [3.63, 3.8) is 0 Å². The third kappa shape index (κ3) is 1.29. The van der Waals surface area contributed by atoms with Gasteiger partial charge in [0.05, 0.1) is 0 Å². The van der Waals surface area contributed by atoms with Crippen LogP contribution in [0, 0.1) is 0 Å². The molecule has 0 radical (unpaired) electrons. The highest BCUT2D eigenvalue weighted by Crippen LogP contribution is 2.21. The Labute approximate surface area is 71.4 Å². The fourth-order valence-electron chi connectivity index (χ4n) is 1.41. The van der Waals surface area contributed by atoms with Crippen LogP contribution in [-0.4, -0.2) is 18.2 Å². The maximum Gasteiger partial charge on any atom is 0.133 e. The molecule has 1 aromatic rings. The lowest BCUT2D eigenvalue weighted by molar-refractivity contribution is 0.144. The van der Waals surface area contributed by atoms with Gasteiger partial charge in [-0.05, 0) is 6.07 Å². The number of aliphatic hydroxyl groups excluding tert-OH is 1. The minimum atomic E-state index is -0.531. The van der Waals surface area contributed by atoms with E-state index in [2.05, 4.69) is 10.6 Å². The predicted molar refractivity (Wildman–Crippen MR) is 47.9 cm³/mol. The summed E-state index contributed by atoms with van der Waals surface area (Å²) in [5.41, 5.74) is 1.95. The Morgan fingerprint density at radius 2 is 2.08 bits per heavy atom. The van der Waals surface area contributed by atoms with E-state index in [0.29, 0.717) is 0 Å². The number of aliphatic hydroxyl groups is 1. The summed E-state index contributed by atoms with van der Waals surface area (Å²) >= 11 is 0. The van der Waals surface area contributed by atoms with Crippen molar-refractivity contribution >= 4 is 5.69 Å². The van der Waals surface area contributed by atoms with Crippen molar-refractivity contribution in [2.75, 3.05) is 18.4 Å². The highest BCUT2D eigenvalue weighted by atomic mass is 16.3. The smallest absolute Gasteiger partial charge is 0.133 e. The number of hydrogen-bond donors (Lipinski definition) is 3. The second kappa shape index (κ2) is 3.13. The standard InChI is InChI=1S/C9H12N2O/c12-9-7-3-1-2-4-8(7)10-5-6-11-9/h1-4,9-12H,5-6H2. The van der Waals surface area contributed by atoms with E-state index >= 15 is 0 Å². The fraction of sp³-hybridized carbons (Fsp3) is 0.333. The van der Waals surface area contributed by atoms with Crippen LogP contribution in [0.5, 0.6) is 0 Å². The van der Waals surface area contributed by atoms with Crippen molar-refractivity contribution in [1.82, 2.24) is 5.32 Å². The minimum Gasteiger partial charge on any atom is -0.383 e. The molecule has 1 atom stereocenters. The van der Waals surface area contributed by atoms with Crippen LogP contribution in [-0.2, 0) is 0 Å². The van der Waals surface area contributed by atoms with Gasteiger partial charge in [-0.1, -0.05) is 18.2 Å². The maximum atomic E-state index is 9.59. The maximum absolute atomic E-state index is 9.59. The molecule has 2 rings (SSSR count). The van der Waals surface area contributed by atoms with Crippen LogP contribution in [0.2, 0.25) is 0 Å². The Morgan fingerprint density at radius 3 is 3.00 bits per heavy atom. The third-order valence-corrected chi connectivity index (χ3v) is 2.03. The molecule has 1 unspecified atom stereocenters. The zero-order valence-electron chi connectivity index (χ0n) is 6.75. The summed E-state index contributed by atoms with van der Waals surface area (Å²) in [4.78, 5) is 0. The van der Waals surface area contributed by atoms with E-state index in [4.69, 9.17) is 0 Å². The normalized spacial score (nSPS) is 22.2. The molecule has 64 valence electrons. The Kier molecular flexibility index (Phi) is 1.98. The SMILES string of the molecule is OC1NCCNc2ccccc21. The molecule has 1 aliphatic heterocycles. The number of rotatable bonds is 0. The van der Waals surface area contributed by atoms with Gasteiger partial charge in [0.1, 0.15) is 6.23 Å². The van der Waals surface area contributed by atoms with Crippen LogP contribution < -0.4 is 10.6 Å². The highest BCUT2D eigenvalue weighted by Gasteiger charge is 2.13. The van der Waals surface area contributed by atoms with Crippen LogP contribution in [0.4, 0.5) is 5.69 Å². The molecule has 0 bridgehead atoms. The van der Waals surface area contributed by atoms with Crippen molar-refractivity contribution in [2.45, 2.75) is 6.23 Å². The average Bonchev–Trinajstić information content (AvgIpc) is 2.29. The van der Waals surface area contributed by atoms with Gasteiger partial charge in [0.25, 0.3) is 0 Å². The van der Waals surface area contributed by atoms with E-state index < -0.39 is 6.23 Å². The minimum absolute atomic E-state index is 0.531. The summed E-state index contributed by atoms with van der Waals surface area (Å²) in [6.45, 7) is 1.64. The zero-order valence-corrected chi connectivity index (χ0v) is 6.75. The van der Waals surface area contributed by atoms with Crippen LogP contribution in [0.25, 0.3) is 0 Å². The summed E-state index contributed by atoms with van der Waals surface area (Å²) in [6, 6.07) is 7.79. The number of benzene rings is 1. The molecule has 0 aliphatic carbocycles. The molecular weight excluding hydrogens is 152 g/mol. The second-order valence-electron chi connectivity index (χ2n) is 2.87. The predicted octanol–water partition coefficient (Wildman–Crippen LogP) is 0.693. The van der Waals surface area contributed by atoms with Crippen LogP contribution >= 0.6 is 0 Å². The molecule has 1 aliphatic rings. The van der Waals surface area contributed by atoms with E-state index in [1.807, 2.05) is 24.3 Å². The first-order valence-corrected chi connectivity index (χ1v) is 4.12. The number of anilines is 1. The molecule has 3 N–H and O–H groups in total. The fourth-order valence-corrected chi connectivity index (χ4v) is 1.41. The molecule has 12 heavy (non-hydrogen) atoms. The molecule has 0 fully saturated rings. The molecule has 3 heteroatoms. The van der Waals surface area contributed by atoms with Crippen molar-refractivity contribution in [2.24, 2.45) is 0 Å². The first-order chi connectivity index (χ1) is 5.88. The molecule has 0 saturated carbocycles. The van der Waals surface area contributed by atoms with Gasteiger partial charge < -0.3 is 10.4 Å². The van der Waals surface area contributed by atoms with E-state index in [9.17, 15) is 5.11 Å². The van der Waals surface area contributed by atoms with Gasteiger partial charge in [0, 0.05) is 24.3 Å². The lowest BCUT2D eigenvalue weighted by Crippen LogP contribution is -2.22. The van der Waals surface area contributed by atoms with Gasteiger partial charge in [-0.25, -0.2) is 0 Å². The van der Waals surface area contributed by atoms with E-state index in [-0.39, 0.29) is 0 Å². The van der Waals surface area contributed by atoms with Gasteiger partial charge in [-0.15, -0.1) is 0 Å². The summed E-state index contributed by atoms with van der Waals surface area (Å²) in [5.74, 6) is 0. The van der Waals surface area contributed by atoms with Crippen molar-refractivity contribution in [3.8, 4) is 0 Å². The Morgan fingerprint density at radius 1 is 1.25 bits per heavy atom. The summed E-state index contributed by atoms with van der Waals surface area (Å²) < 4.78 is 0. The molecule has 1 aromatic carbocycles. The zero-order chi connectivity index (χ0) is 8.39. The van der Waals surface area contributed by atoms with E-state index in [1.165, 1.54) is 0 Å². The molecular formula is C9H12N2O. The van der Waals surface area contributed by atoms with Crippen molar-refractivity contribution in [1.29, 1.82) is 0 Å². The Balaban J connectivity index is 2.39. The Bertz CT molecular complexity index is 275. The van der Waals surface area contributed by atoms with Crippen LogP contribution in [0.15, 0.2) is 24.3 Å². The van der Waals surface area contributed by atoms with E-state index in [1.54, 1.807) is 0 Å².